The Morgan fingerprint density at radius 3 is 2.70 bits per heavy atom. The molecular weight excluding hydrogens is 410 g/mol. The molecule has 1 aromatic carbocycles. The number of imidazole rings is 1. The van der Waals surface area contributed by atoms with E-state index in [-0.39, 0.29) is 5.60 Å². The van der Waals surface area contributed by atoms with Crippen LogP contribution in [0, 0.1) is 0 Å². The summed E-state index contributed by atoms with van der Waals surface area (Å²) in [5.74, 6) is 0.818. The zero-order valence-electron chi connectivity index (χ0n) is 14.3. The number of nitrogens with zero attached hydrogens (tertiary/aromatic N) is 5. The van der Waals surface area contributed by atoms with Gasteiger partial charge in [-0.15, -0.1) is 0 Å². The van der Waals surface area contributed by atoms with Gasteiger partial charge in [0.25, 0.3) is 0 Å². The van der Waals surface area contributed by atoms with Crippen molar-refractivity contribution in [2.24, 2.45) is 0 Å². The van der Waals surface area contributed by atoms with Crippen molar-refractivity contribution < 1.29 is 9.47 Å². The highest BCUT2D eigenvalue weighted by Crippen LogP contribution is 2.29. The van der Waals surface area contributed by atoms with Crippen molar-refractivity contribution >= 4 is 21.6 Å². The number of hydrogen-bond donors (Lipinski definition) is 0. The minimum absolute atomic E-state index is 0.343. The molecule has 1 aliphatic heterocycles. The second-order valence-electron chi connectivity index (χ2n) is 6.64. The van der Waals surface area contributed by atoms with Crippen molar-refractivity contribution in [1.29, 1.82) is 0 Å². The molecule has 136 valence electrons. The van der Waals surface area contributed by atoms with Crippen LogP contribution >= 0.6 is 15.9 Å². The summed E-state index contributed by atoms with van der Waals surface area (Å²) in [7, 11) is 0. The van der Waals surface area contributed by atoms with Gasteiger partial charge in [0.2, 0.25) is 0 Å². The topological polar surface area (TPSA) is 66.5 Å². The molecule has 4 aromatic rings. The van der Waals surface area contributed by atoms with E-state index in [1.165, 1.54) is 0 Å². The SMILES string of the molecule is Brc1cnn2cc(-c3ccc(OC4(Cn5ccnc5)COC4)cc3)cnc12. The summed E-state index contributed by atoms with van der Waals surface area (Å²) in [4.78, 5) is 8.55. The Bertz CT molecular complexity index is 1070. The van der Waals surface area contributed by atoms with Crippen LogP contribution in [0.3, 0.4) is 0 Å². The highest BCUT2D eigenvalue weighted by atomic mass is 79.9. The standard InChI is InChI=1S/C19H16BrN5O2/c20-17-8-23-25-9-15(7-22-18(17)25)14-1-3-16(4-2-14)27-19(11-26-12-19)10-24-6-5-21-13-24/h1-9,13H,10-12H2. The number of hydrogen-bond acceptors (Lipinski definition) is 5. The van der Waals surface area contributed by atoms with Crippen molar-refractivity contribution in [1.82, 2.24) is 24.1 Å². The molecule has 0 saturated carbocycles. The third-order valence-electron chi connectivity index (χ3n) is 4.60. The maximum absolute atomic E-state index is 6.26. The van der Waals surface area contributed by atoms with Crippen LogP contribution in [0.1, 0.15) is 0 Å². The summed E-state index contributed by atoms with van der Waals surface area (Å²) in [5.41, 5.74) is 2.50. The third-order valence-corrected chi connectivity index (χ3v) is 5.15. The predicted octanol–water partition coefficient (Wildman–Crippen LogP) is 3.20. The first-order valence-electron chi connectivity index (χ1n) is 8.53. The quantitative estimate of drug-likeness (QED) is 0.491. The average molecular weight is 426 g/mol. The molecule has 7 nitrogen and oxygen atoms in total. The van der Waals surface area contributed by atoms with Gasteiger partial charge in [0, 0.05) is 30.4 Å². The molecule has 1 fully saturated rings. The maximum atomic E-state index is 6.26. The van der Waals surface area contributed by atoms with Crippen LogP contribution in [0.15, 0.2) is 66.0 Å². The summed E-state index contributed by atoms with van der Waals surface area (Å²) >= 11 is 3.44. The number of ether oxygens (including phenoxy) is 2. The van der Waals surface area contributed by atoms with E-state index in [0.29, 0.717) is 19.8 Å². The van der Waals surface area contributed by atoms with Crippen molar-refractivity contribution in [3.8, 4) is 16.9 Å². The van der Waals surface area contributed by atoms with Gasteiger partial charge in [-0.1, -0.05) is 12.1 Å². The number of halogens is 1. The monoisotopic (exact) mass is 425 g/mol. The Labute approximate surface area is 163 Å². The van der Waals surface area contributed by atoms with Crippen LogP contribution in [0.5, 0.6) is 5.75 Å². The molecule has 8 heteroatoms. The minimum Gasteiger partial charge on any atom is -0.481 e. The van der Waals surface area contributed by atoms with Gasteiger partial charge in [0.05, 0.1) is 36.8 Å². The zero-order chi connectivity index (χ0) is 18.3. The van der Waals surface area contributed by atoms with Crippen molar-refractivity contribution in [2.45, 2.75) is 12.1 Å². The van der Waals surface area contributed by atoms with Gasteiger partial charge in [-0.3, -0.25) is 0 Å². The van der Waals surface area contributed by atoms with Gasteiger partial charge in [-0.2, -0.15) is 5.10 Å². The molecule has 0 spiro atoms. The van der Waals surface area contributed by atoms with Crippen molar-refractivity contribution in [3.05, 3.63) is 66.0 Å². The molecular formula is C19H16BrN5O2. The molecule has 27 heavy (non-hydrogen) atoms. The van der Waals surface area contributed by atoms with Crippen molar-refractivity contribution in [2.75, 3.05) is 13.2 Å². The van der Waals surface area contributed by atoms with Gasteiger partial charge in [0.15, 0.2) is 11.2 Å². The Kier molecular flexibility index (Phi) is 3.95. The summed E-state index contributed by atoms with van der Waals surface area (Å²) in [6, 6.07) is 8.02. The molecule has 4 heterocycles. The predicted molar refractivity (Wildman–Crippen MR) is 103 cm³/mol. The molecule has 1 saturated heterocycles. The average Bonchev–Trinajstić information content (AvgIpc) is 3.30. The van der Waals surface area contributed by atoms with E-state index in [2.05, 4.69) is 31.0 Å². The summed E-state index contributed by atoms with van der Waals surface area (Å²) in [6.45, 7) is 1.85. The van der Waals surface area contributed by atoms with Gasteiger partial charge < -0.3 is 14.0 Å². The molecule has 0 aliphatic carbocycles. The number of rotatable bonds is 5. The van der Waals surface area contributed by atoms with E-state index in [1.807, 2.05) is 47.4 Å². The summed E-state index contributed by atoms with van der Waals surface area (Å²) in [6.07, 6.45) is 11.0. The lowest BCUT2D eigenvalue weighted by molar-refractivity contribution is -0.168. The number of aromatic nitrogens is 5. The van der Waals surface area contributed by atoms with Gasteiger partial charge in [-0.05, 0) is 33.6 Å². The maximum Gasteiger partial charge on any atom is 0.173 e. The molecule has 0 radical (unpaired) electrons. The third kappa shape index (κ3) is 3.11. The molecule has 5 rings (SSSR count). The lowest BCUT2D eigenvalue weighted by Gasteiger charge is -2.41. The first-order chi connectivity index (χ1) is 13.2. The second kappa shape index (κ2) is 6.47. The Balaban J connectivity index is 1.36. The number of benzene rings is 1. The molecule has 0 amide bonds. The van der Waals surface area contributed by atoms with E-state index in [1.54, 1.807) is 23.2 Å². The second-order valence-corrected chi connectivity index (χ2v) is 7.49. The Morgan fingerprint density at radius 1 is 1.15 bits per heavy atom. The van der Waals surface area contributed by atoms with Crippen molar-refractivity contribution in [3.63, 3.8) is 0 Å². The molecule has 3 aromatic heterocycles. The van der Waals surface area contributed by atoms with E-state index < -0.39 is 0 Å². The molecule has 1 aliphatic rings. The molecule has 0 atom stereocenters. The fourth-order valence-electron chi connectivity index (χ4n) is 3.19. The molecule has 0 N–H and O–H groups in total. The normalized spacial score (nSPS) is 15.6. The van der Waals surface area contributed by atoms with Gasteiger partial charge in [-0.25, -0.2) is 14.5 Å². The van der Waals surface area contributed by atoms with Crippen LogP contribution in [-0.2, 0) is 11.3 Å². The van der Waals surface area contributed by atoms with Crippen LogP contribution in [0.4, 0.5) is 0 Å². The highest BCUT2D eigenvalue weighted by Gasteiger charge is 2.41. The van der Waals surface area contributed by atoms with Crippen LogP contribution in [0.25, 0.3) is 16.8 Å². The summed E-state index contributed by atoms with van der Waals surface area (Å²) in [5, 5.41) is 4.29. The molecule has 0 unspecified atom stereocenters. The van der Waals surface area contributed by atoms with Crippen LogP contribution in [-0.4, -0.2) is 43.0 Å². The molecule has 0 bridgehead atoms. The largest absolute Gasteiger partial charge is 0.481 e. The fourth-order valence-corrected chi connectivity index (χ4v) is 3.56. The Morgan fingerprint density at radius 2 is 2.00 bits per heavy atom. The van der Waals surface area contributed by atoms with E-state index >= 15 is 0 Å². The lowest BCUT2D eigenvalue weighted by atomic mass is 10.0. The lowest BCUT2D eigenvalue weighted by Crippen LogP contribution is -2.57. The fraction of sp³-hybridized carbons (Fsp3) is 0.211. The number of fused-ring (bicyclic) bond motifs is 1. The minimum atomic E-state index is -0.343. The van der Waals surface area contributed by atoms with Crippen LogP contribution in [0.2, 0.25) is 0 Å². The highest BCUT2D eigenvalue weighted by molar-refractivity contribution is 9.10. The van der Waals surface area contributed by atoms with Gasteiger partial charge >= 0.3 is 0 Å². The van der Waals surface area contributed by atoms with Crippen LogP contribution < -0.4 is 4.74 Å². The Hall–Kier alpha value is -2.71. The summed E-state index contributed by atoms with van der Waals surface area (Å²) < 4.78 is 16.3. The van der Waals surface area contributed by atoms with E-state index in [0.717, 1.165) is 27.0 Å². The van der Waals surface area contributed by atoms with Gasteiger partial charge in [0.1, 0.15) is 5.75 Å². The first kappa shape index (κ1) is 16.5. The van der Waals surface area contributed by atoms with E-state index in [9.17, 15) is 0 Å². The van der Waals surface area contributed by atoms with E-state index in [4.69, 9.17) is 9.47 Å². The smallest absolute Gasteiger partial charge is 0.173 e. The first-order valence-corrected chi connectivity index (χ1v) is 9.32. The zero-order valence-corrected chi connectivity index (χ0v) is 15.9.